The molecule has 0 aliphatic heterocycles. The first-order chi connectivity index (χ1) is 6.83. The van der Waals surface area contributed by atoms with Crippen molar-refractivity contribution in [2.75, 3.05) is 5.73 Å². The van der Waals surface area contributed by atoms with Gasteiger partial charge in [-0.2, -0.15) is 0 Å². The van der Waals surface area contributed by atoms with E-state index in [1.165, 1.54) is 0 Å². The number of nitrogen functional groups attached to an aromatic ring is 1. The smallest absolute Gasteiger partial charge is 0.224 e. The van der Waals surface area contributed by atoms with Crippen molar-refractivity contribution >= 4 is 29.0 Å². The molecule has 0 aromatic carbocycles. The van der Waals surface area contributed by atoms with Gasteiger partial charge in [0.1, 0.15) is 5.82 Å². The summed E-state index contributed by atoms with van der Waals surface area (Å²) < 4.78 is 0. The van der Waals surface area contributed by atoms with Crippen molar-refractivity contribution in [1.29, 1.82) is 0 Å². The molecule has 0 atom stereocenters. The molecule has 0 fully saturated rings. The minimum Gasteiger partial charge on any atom is -0.383 e. The Kier molecular flexibility index (Phi) is 3.79. The van der Waals surface area contributed by atoms with E-state index in [9.17, 15) is 0 Å². The van der Waals surface area contributed by atoms with Gasteiger partial charge in [0.2, 0.25) is 5.28 Å². The molecule has 1 aromatic heterocycles. The van der Waals surface area contributed by atoms with Gasteiger partial charge in [-0.1, -0.05) is 20.8 Å². The van der Waals surface area contributed by atoms with E-state index in [4.69, 9.17) is 28.9 Å². The van der Waals surface area contributed by atoms with E-state index in [0.717, 1.165) is 17.7 Å². The second-order valence-corrected chi connectivity index (χ2v) is 5.28. The SMILES string of the molecule is CC(C)(C)Cc1nc(Cl)nc(N)c1CCl. The van der Waals surface area contributed by atoms with Crippen LogP contribution in [0.3, 0.4) is 0 Å². The van der Waals surface area contributed by atoms with Crippen LogP contribution in [0.5, 0.6) is 0 Å². The van der Waals surface area contributed by atoms with E-state index in [2.05, 4.69) is 30.7 Å². The number of halogens is 2. The zero-order valence-electron chi connectivity index (χ0n) is 9.14. The van der Waals surface area contributed by atoms with Crippen molar-refractivity contribution < 1.29 is 0 Å². The Labute approximate surface area is 100 Å². The summed E-state index contributed by atoms with van der Waals surface area (Å²) in [6.07, 6.45) is 0.779. The third-order valence-electron chi connectivity index (χ3n) is 1.93. The fourth-order valence-corrected chi connectivity index (χ4v) is 1.80. The maximum atomic E-state index is 5.82. The largest absolute Gasteiger partial charge is 0.383 e. The van der Waals surface area contributed by atoms with Crippen molar-refractivity contribution in [3.63, 3.8) is 0 Å². The Hall–Kier alpha value is -0.540. The van der Waals surface area contributed by atoms with Gasteiger partial charge in [-0.05, 0) is 23.4 Å². The van der Waals surface area contributed by atoms with Crippen molar-refractivity contribution in [1.82, 2.24) is 9.97 Å². The van der Waals surface area contributed by atoms with Gasteiger partial charge in [0.15, 0.2) is 0 Å². The van der Waals surface area contributed by atoms with Gasteiger partial charge in [0, 0.05) is 5.56 Å². The number of nitrogens with zero attached hydrogens (tertiary/aromatic N) is 2. The molecule has 0 saturated carbocycles. The Balaban J connectivity index is 3.15. The van der Waals surface area contributed by atoms with Crippen LogP contribution in [-0.4, -0.2) is 9.97 Å². The van der Waals surface area contributed by atoms with Gasteiger partial charge in [0.05, 0.1) is 11.6 Å². The van der Waals surface area contributed by atoms with E-state index in [1.54, 1.807) is 0 Å². The zero-order chi connectivity index (χ0) is 11.6. The lowest BCUT2D eigenvalue weighted by Crippen LogP contribution is -2.14. The van der Waals surface area contributed by atoms with E-state index in [0.29, 0.717) is 11.7 Å². The van der Waals surface area contributed by atoms with Gasteiger partial charge in [0.25, 0.3) is 0 Å². The van der Waals surface area contributed by atoms with Crippen LogP contribution in [0.25, 0.3) is 0 Å². The van der Waals surface area contributed by atoms with Crippen LogP contribution < -0.4 is 5.73 Å². The summed E-state index contributed by atoms with van der Waals surface area (Å²) >= 11 is 11.6. The second kappa shape index (κ2) is 4.54. The third kappa shape index (κ3) is 3.50. The second-order valence-electron chi connectivity index (χ2n) is 4.67. The highest BCUT2D eigenvalue weighted by atomic mass is 35.5. The lowest BCUT2D eigenvalue weighted by Gasteiger charge is -2.19. The molecule has 5 heteroatoms. The standard InChI is InChI=1S/C10H15Cl2N3/c1-10(2,3)4-7-6(5-11)8(13)15-9(12)14-7/h4-5H2,1-3H3,(H2,13,14,15). The van der Waals surface area contributed by atoms with Crippen molar-refractivity contribution in [2.24, 2.45) is 5.41 Å². The minimum absolute atomic E-state index is 0.116. The Bertz CT molecular complexity index is 358. The molecule has 0 saturated heterocycles. The molecule has 1 rings (SSSR count). The van der Waals surface area contributed by atoms with E-state index in [1.807, 2.05) is 0 Å². The molecule has 0 aliphatic carbocycles. The predicted octanol–water partition coefficient (Wildman–Crippen LogP) is 3.04. The van der Waals surface area contributed by atoms with Gasteiger partial charge in [-0.3, -0.25) is 0 Å². The molecular formula is C10H15Cl2N3. The monoisotopic (exact) mass is 247 g/mol. The van der Waals surface area contributed by atoms with Gasteiger partial charge >= 0.3 is 0 Å². The maximum Gasteiger partial charge on any atom is 0.224 e. The Morgan fingerprint density at radius 2 is 1.87 bits per heavy atom. The average Bonchev–Trinajstić information content (AvgIpc) is 1.99. The predicted molar refractivity (Wildman–Crippen MR) is 64.2 cm³/mol. The van der Waals surface area contributed by atoms with Crippen LogP contribution in [0.2, 0.25) is 5.28 Å². The highest BCUT2D eigenvalue weighted by Crippen LogP contribution is 2.25. The number of hydrogen-bond donors (Lipinski definition) is 1. The van der Waals surface area contributed by atoms with Crippen LogP contribution >= 0.6 is 23.2 Å². The topological polar surface area (TPSA) is 51.8 Å². The number of anilines is 1. The lowest BCUT2D eigenvalue weighted by atomic mass is 9.89. The average molecular weight is 248 g/mol. The summed E-state index contributed by atoms with van der Waals surface area (Å²) in [4.78, 5) is 8.06. The van der Waals surface area contributed by atoms with Crippen LogP contribution in [0, 0.1) is 5.41 Å². The molecule has 1 heterocycles. The van der Waals surface area contributed by atoms with Gasteiger partial charge in [-0.15, -0.1) is 11.6 Å². The Morgan fingerprint density at radius 1 is 1.27 bits per heavy atom. The van der Waals surface area contributed by atoms with Crippen LogP contribution in [0.4, 0.5) is 5.82 Å². The highest BCUT2D eigenvalue weighted by Gasteiger charge is 2.18. The first-order valence-electron chi connectivity index (χ1n) is 4.70. The molecule has 84 valence electrons. The van der Waals surface area contributed by atoms with Gasteiger partial charge < -0.3 is 5.73 Å². The molecule has 1 aromatic rings. The number of hydrogen-bond acceptors (Lipinski definition) is 3. The summed E-state index contributed by atoms with van der Waals surface area (Å²) in [6, 6.07) is 0. The molecule has 0 amide bonds. The van der Waals surface area contributed by atoms with Crippen LogP contribution in [0.1, 0.15) is 32.0 Å². The number of rotatable bonds is 2. The normalized spacial score (nSPS) is 11.8. The third-order valence-corrected chi connectivity index (χ3v) is 2.37. The molecule has 3 nitrogen and oxygen atoms in total. The highest BCUT2D eigenvalue weighted by molar-refractivity contribution is 6.28. The van der Waals surface area contributed by atoms with Crippen molar-refractivity contribution in [3.8, 4) is 0 Å². The maximum absolute atomic E-state index is 5.82. The molecule has 0 aliphatic rings. The summed E-state index contributed by atoms with van der Waals surface area (Å²) in [6.45, 7) is 6.37. The van der Waals surface area contributed by atoms with E-state index < -0.39 is 0 Å². The molecular weight excluding hydrogens is 233 g/mol. The lowest BCUT2D eigenvalue weighted by molar-refractivity contribution is 0.405. The molecule has 2 N–H and O–H groups in total. The first-order valence-corrected chi connectivity index (χ1v) is 5.61. The van der Waals surface area contributed by atoms with Crippen molar-refractivity contribution in [3.05, 3.63) is 16.5 Å². The number of nitrogens with two attached hydrogens (primary N) is 1. The summed E-state index contributed by atoms with van der Waals surface area (Å²) in [5.74, 6) is 0.693. The zero-order valence-corrected chi connectivity index (χ0v) is 10.7. The first kappa shape index (κ1) is 12.5. The van der Waals surface area contributed by atoms with Crippen LogP contribution in [0.15, 0.2) is 0 Å². The molecule has 0 radical (unpaired) electrons. The minimum atomic E-state index is 0.116. The van der Waals surface area contributed by atoms with Crippen molar-refractivity contribution in [2.45, 2.75) is 33.1 Å². The molecule has 0 spiro atoms. The van der Waals surface area contributed by atoms with E-state index >= 15 is 0 Å². The number of aromatic nitrogens is 2. The quantitative estimate of drug-likeness (QED) is 0.646. The molecule has 0 bridgehead atoms. The molecule has 0 unspecified atom stereocenters. The Morgan fingerprint density at radius 3 is 2.33 bits per heavy atom. The fraction of sp³-hybridized carbons (Fsp3) is 0.600. The summed E-state index contributed by atoms with van der Waals surface area (Å²) in [7, 11) is 0. The van der Waals surface area contributed by atoms with Gasteiger partial charge in [-0.25, -0.2) is 9.97 Å². The van der Waals surface area contributed by atoms with E-state index in [-0.39, 0.29) is 10.7 Å². The number of alkyl halides is 1. The van der Waals surface area contributed by atoms with Crippen LogP contribution in [-0.2, 0) is 12.3 Å². The summed E-state index contributed by atoms with van der Waals surface area (Å²) in [5.41, 5.74) is 7.48. The summed E-state index contributed by atoms with van der Waals surface area (Å²) in [5, 5.41) is 0.181. The molecule has 15 heavy (non-hydrogen) atoms. The fourth-order valence-electron chi connectivity index (χ4n) is 1.31.